The first kappa shape index (κ1) is 12.6. The van der Waals surface area contributed by atoms with Gasteiger partial charge in [0.15, 0.2) is 5.13 Å². The summed E-state index contributed by atoms with van der Waals surface area (Å²) in [5.74, 6) is 0.131. The van der Waals surface area contributed by atoms with E-state index in [1.807, 2.05) is 24.3 Å². The molecule has 0 bridgehead atoms. The fraction of sp³-hybridized carbons (Fsp3) is 0.467. The van der Waals surface area contributed by atoms with Crippen molar-refractivity contribution in [3.05, 3.63) is 24.3 Å². The summed E-state index contributed by atoms with van der Waals surface area (Å²) >= 11 is 1.55. The molecule has 0 atom stereocenters. The van der Waals surface area contributed by atoms with E-state index < -0.39 is 0 Å². The first-order chi connectivity index (χ1) is 9.17. The molecule has 1 aromatic carbocycles. The zero-order valence-corrected chi connectivity index (χ0v) is 11.9. The van der Waals surface area contributed by atoms with Crippen molar-refractivity contribution < 1.29 is 4.79 Å². The third kappa shape index (κ3) is 2.50. The molecule has 0 aliphatic heterocycles. The average molecular weight is 274 g/mol. The van der Waals surface area contributed by atoms with Gasteiger partial charge in [0.2, 0.25) is 5.91 Å². The number of hydrogen-bond acceptors (Lipinski definition) is 3. The van der Waals surface area contributed by atoms with Crippen LogP contribution in [0.4, 0.5) is 5.13 Å². The van der Waals surface area contributed by atoms with Crippen LogP contribution in [0.15, 0.2) is 24.3 Å². The number of benzene rings is 1. The van der Waals surface area contributed by atoms with Crippen LogP contribution in [0.2, 0.25) is 0 Å². The number of thiazole rings is 1. The van der Waals surface area contributed by atoms with Crippen molar-refractivity contribution in [2.24, 2.45) is 5.41 Å². The quantitative estimate of drug-likeness (QED) is 0.891. The summed E-state index contributed by atoms with van der Waals surface area (Å²) in [6.45, 7) is 2.08. The number of nitrogens with one attached hydrogen (secondary N) is 1. The third-order valence-electron chi connectivity index (χ3n) is 4.02. The van der Waals surface area contributed by atoms with E-state index in [9.17, 15) is 4.79 Å². The highest BCUT2D eigenvalue weighted by molar-refractivity contribution is 7.22. The van der Waals surface area contributed by atoms with Gasteiger partial charge < -0.3 is 5.32 Å². The molecule has 3 rings (SSSR count). The second-order valence-electron chi connectivity index (χ2n) is 5.56. The van der Waals surface area contributed by atoms with Gasteiger partial charge in [-0.2, -0.15) is 0 Å². The number of rotatable bonds is 2. The van der Waals surface area contributed by atoms with Gasteiger partial charge in [-0.3, -0.25) is 4.79 Å². The lowest BCUT2D eigenvalue weighted by molar-refractivity contribution is -0.126. The van der Waals surface area contributed by atoms with Crippen LogP contribution in [0, 0.1) is 5.41 Å². The monoisotopic (exact) mass is 274 g/mol. The van der Waals surface area contributed by atoms with Crippen LogP contribution in [0.25, 0.3) is 10.2 Å². The SMILES string of the molecule is CC1(C(=O)Nc2nc3ccccc3s2)CCCCC1. The minimum Gasteiger partial charge on any atom is -0.301 e. The number of fused-ring (bicyclic) bond motifs is 1. The molecule has 19 heavy (non-hydrogen) atoms. The van der Waals surface area contributed by atoms with Gasteiger partial charge in [0.1, 0.15) is 0 Å². The minimum atomic E-state index is -0.212. The van der Waals surface area contributed by atoms with E-state index >= 15 is 0 Å². The van der Waals surface area contributed by atoms with E-state index in [4.69, 9.17) is 0 Å². The summed E-state index contributed by atoms with van der Waals surface area (Å²) in [7, 11) is 0. The van der Waals surface area contributed by atoms with Gasteiger partial charge in [0.05, 0.1) is 10.2 Å². The molecule has 1 aliphatic carbocycles. The van der Waals surface area contributed by atoms with E-state index in [0.717, 1.165) is 41.0 Å². The van der Waals surface area contributed by atoms with Gasteiger partial charge in [-0.05, 0) is 25.0 Å². The molecule has 0 spiro atoms. The van der Waals surface area contributed by atoms with Crippen LogP contribution in [0.5, 0.6) is 0 Å². The first-order valence-corrected chi connectivity index (χ1v) is 7.66. The molecular formula is C15H18N2OS. The fourth-order valence-electron chi connectivity index (χ4n) is 2.73. The van der Waals surface area contributed by atoms with Crippen LogP contribution in [-0.2, 0) is 4.79 Å². The smallest absolute Gasteiger partial charge is 0.232 e. The molecule has 1 N–H and O–H groups in total. The maximum absolute atomic E-state index is 12.4. The molecule has 0 saturated heterocycles. The highest BCUT2D eigenvalue weighted by atomic mass is 32.1. The van der Waals surface area contributed by atoms with Crippen LogP contribution >= 0.6 is 11.3 Å². The van der Waals surface area contributed by atoms with Crippen LogP contribution < -0.4 is 5.32 Å². The van der Waals surface area contributed by atoms with Gasteiger partial charge in [-0.15, -0.1) is 0 Å². The predicted octanol–water partition coefficient (Wildman–Crippen LogP) is 4.21. The Morgan fingerprint density at radius 2 is 2.00 bits per heavy atom. The second kappa shape index (κ2) is 4.93. The molecule has 1 aliphatic rings. The lowest BCUT2D eigenvalue weighted by atomic mass is 9.75. The number of nitrogens with zero attached hydrogens (tertiary/aromatic N) is 1. The van der Waals surface area contributed by atoms with Gasteiger partial charge in [-0.1, -0.05) is 49.7 Å². The lowest BCUT2D eigenvalue weighted by Crippen LogP contribution is -2.35. The van der Waals surface area contributed by atoms with E-state index in [1.54, 1.807) is 11.3 Å². The Morgan fingerprint density at radius 3 is 2.74 bits per heavy atom. The summed E-state index contributed by atoms with van der Waals surface area (Å²) in [6, 6.07) is 7.97. The van der Waals surface area contributed by atoms with Crippen molar-refractivity contribution in [2.45, 2.75) is 39.0 Å². The Kier molecular flexibility index (Phi) is 3.27. The molecule has 1 aromatic heterocycles. The van der Waals surface area contributed by atoms with Crippen molar-refractivity contribution in [1.82, 2.24) is 4.98 Å². The van der Waals surface area contributed by atoms with Crippen molar-refractivity contribution in [2.75, 3.05) is 5.32 Å². The second-order valence-corrected chi connectivity index (χ2v) is 6.59. The molecule has 2 aromatic rings. The van der Waals surface area contributed by atoms with Gasteiger partial charge in [0.25, 0.3) is 0 Å². The number of para-hydroxylation sites is 1. The summed E-state index contributed by atoms with van der Waals surface area (Å²) in [6.07, 6.45) is 5.55. The fourth-order valence-corrected chi connectivity index (χ4v) is 3.59. The highest BCUT2D eigenvalue weighted by Gasteiger charge is 2.34. The van der Waals surface area contributed by atoms with Gasteiger partial charge >= 0.3 is 0 Å². The number of hydrogen-bond donors (Lipinski definition) is 1. The normalized spacial score (nSPS) is 18.4. The third-order valence-corrected chi connectivity index (χ3v) is 4.97. The topological polar surface area (TPSA) is 42.0 Å². The summed E-state index contributed by atoms with van der Waals surface area (Å²) < 4.78 is 1.12. The maximum Gasteiger partial charge on any atom is 0.232 e. The van der Waals surface area contributed by atoms with Crippen molar-refractivity contribution in [1.29, 1.82) is 0 Å². The maximum atomic E-state index is 12.4. The largest absolute Gasteiger partial charge is 0.301 e. The molecule has 0 radical (unpaired) electrons. The van der Waals surface area contributed by atoms with Crippen molar-refractivity contribution in [3.8, 4) is 0 Å². The molecule has 1 fully saturated rings. The molecule has 4 heteroatoms. The van der Waals surface area contributed by atoms with E-state index in [1.165, 1.54) is 6.42 Å². The zero-order chi connectivity index (χ0) is 13.3. The first-order valence-electron chi connectivity index (χ1n) is 6.84. The van der Waals surface area contributed by atoms with Crippen molar-refractivity contribution >= 4 is 32.6 Å². The summed E-state index contributed by atoms with van der Waals surface area (Å²) in [4.78, 5) is 16.9. The highest BCUT2D eigenvalue weighted by Crippen LogP contribution is 2.37. The molecule has 1 heterocycles. The molecule has 100 valence electrons. The Labute approximate surface area is 117 Å². The van der Waals surface area contributed by atoms with Gasteiger partial charge in [-0.25, -0.2) is 4.98 Å². The van der Waals surface area contributed by atoms with Crippen LogP contribution in [0.3, 0.4) is 0 Å². The Hall–Kier alpha value is -1.42. The number of carbonyl (C=O) groups is 1. The Balaban J connectivity index is 1.78. The average Bonchev–Trinajstić information content (AvgIpc) is 2.81. The Bertz CT molecular complexity index is 566. The van der Waals surface area contributed by atoms with Crippen LogP contribution in [-0.4, -0.2) is 10.9 Å². The van der Waals surface area contributed by atoms with Crippen LogP contribution in [0.1, 0.15) is 39.0 Å². The number of aromatic nitrogens is 1. The number of carbonyl (C=O) groups excluding carboxylic acids is 1. The minimum absolute atomic E-state index is 0.131. The molecule has 1 amide bonds. The number of anilines is 1. The van der Waals surface area contributed by atoms with E-state index in [0.29, 0.717) is 0 Å². The Morgan fingerprint density at radius 1 is 1.26 bits per heavy atom. The number of amides is 1. The molecular weight excluding hydrogens is 256 g/mol. The molecule has 1 saturated carbocycles. The van der Waals surface area contributed by atoms with Gasteiger partial charge in [0, 0.05) is 5.41 Å². The van der Waals surface area contributed by atoms with E-state index in [2.05, 4.69) is 17.2 Å². The predicted molar refractivity (Wildman–Crippen MR) is 79.4 cm³/mol. The lowest BCUT2D eigenvalue weighted by Gasteiger charge is -2.31. The zero-order valence-electron chi connectivity index (χ0n) is 11.1. The molecule has 0 unspecified atom stereocenters. The molecule has 3 nitrogen and oxygen atoms in total. The van der Waals surface area contributed by atoms with Crippen molar-refractivity contribution in [3.63, 3.8) is 0 Å². The summed E-state index contributed by atoms with van der Waals surface area (Å²) in [5, 5.41) is 3.73. The van der Waals surface area contributed by atoms with E-state index in [-0.39, 0.29) is 11.3 Å². The standard InChI is InChI=1S/C15H18N2OS/c1-15(9-5-2-6-10-15)13(18)17-14-16-11-7-3-4-8-12(11)19-14/h3-4,7-8H,2,5-6,9-10H2,1H3,(H,16,17,18). The summed E-state index contributed by atoms with van der Waals surface area (Å²) in [5.41, 5.74) is 0.743.